The highest BCUT2D eigenvalue weighted by atomic mass is 35.5. The molecule has 0 aliphatic carbocycles. The molecule has 6 nitrogen and oxygen atoms in total. The summed E-state index contributed by atoms with van der Waals surface area (Å²) in [4.78, 5) is 12.2. The molecule has 3 aromatic rings. The Labute approximate surface area is 162 Å². The number of hydrogen-bond donors (Lipinski definition) is 2. The lowest BCUT2D eigenvalue weighted by atomic mass is 10.1. The molecule has 0 bridgehead atoms. The number of ether oxygens (including phenoxy) is 1. The Morgan fingerprint density at radius 3 is 2.56 bits per heavy atom. The minimum atomic E-state index is -0.263. The first kappa shape index (κ1) is 18.7. The Hall–Kier alpha value is -3.12. The van der Waals surface area contributed by atoms with Crippen molar-refractivity contribution in [3.8, 4) is 5.75 Å². The number of halogens is 1. The molecule has 1 amide bonds. The van der Waals surface area contributed by atoms with E-state index in [9.17, 15) is 4.79 Å². The van der Waals surface area contributed by atoms with Gasteiger partial charge in [0, 0.05) is 17.3 Å². The number of aromatic nitrogens is 2. The minimum Gasteiger partial charge on any atom is -0.497 e. The number of nitrogens with one attached hydrogen (secondary N) is 2. The SMILES string of the molecule is COc1ccc(Nc2ccc(C(=O)NCCc3cccc(Cl)c3)nn2)cc1. The summed E-state index contributed by atoms with van der Waals surface area (Å²) in [6, 6.07) is 18.3. The lowest BCUT2D eigenvalue weighted by Crippen LogP contribution is -2.26. The van der Waals surface area contributed by atoms with Gasteiger partial charge in [0.05, 0.1) is 7.11 Å². The Morgan fingerprint density at radius 1 is 1.07 bits per heavy atom. The molecule has 138 valence electrons. The molecule has 0 fully saturated rings. The normalized spacial score (nSPS) is 10.3. The van der Waals surface area contributed by atoms with Crippen LogP contribution in [0.5, 0.6) is 5.75 Å². The van der Waals surface area contributed by atoms with E-state index >= 15 is 0 Å². The van der Waals surface area contributed by atoms with Crippen molar-refractivity contribution in [1.82, 2.24) is 15.5 Å². The highest BCUT2D eigenvalue weighted by molar-refractivity contribution is 6.30. The summed E-state index contributed by atoms with van der Waals surface area (Å²) >= 11 is 5.95. The molecule has 7 heteroatoms. The Bertz CT molecular complexity index is 899. The number of rotatable bonds is 7. The van der Waals surface area contributed by atoms with Crippen LogP contribution >= 0.6 is 11.6 Å². The number of methoxy groups -OCH3 is 1. The zero-order valence-corrected chi connectivity index (χ0v) is 15.5. The number of anilines is 2. The van der Waals surface area contributed by atoms with Gasteiger partial charge >= 0.3 is 0 Å². The largest absolute Gasteiger partial charge is 0.497 e. The van der Waals surface area contributed by atoms with Gasteiger partial charge in [-0.3, -0.25) is 4.79 Å². The number of hydrogen-bond acceptors (Lipinski definition) is 5. The van der Waals surface area contributed by atoms with Gasteiger partial charge < -0.3 is 15.4 Å². The number of benzene rings is 2. The average molecular weight is 383 g/mol. The summed E-state index contributed by atoms with van der Waals surface area (Å²) in [7, 11) is 1.62. The van der Waals surface area contributed by atoms with Gasteiger partial charge in [-0.05, 0) is 60.5 Å². The van der Waals surface area contributed by atoms with Crippen molar-refractivity contribution in [2.75, 3.05) is 19.0 Å². The maximum absolute atomic E-state index is 12.2. The molecule has 2 aromatic carbocycles. The fourth-order valence-corrected chi connectivity index (χ4v) is 2.66. The van der Waals surface area contributed by atoms with E-state index in [-0.39, 0.29) is 11.6 Å². The third kappa shape index (κ3) is 5.43. The minimum absolute atomic E-state index is 0.263. The van der Waals surface area contributed by atoms with Crippen LogP contribution in [0.25, 0.3) is 0 Å². The second-order valence-corrected chi connectivity index (χ2v) is 6.23. The summed E-state index contributed by atoms with van der Waals surface area (Å²) in [5.74, 6) is 1.06. The first-order valence-electron chi connectivity index (χ1n) is 8.41. The first-order valence-corrected chi connectivity index (χ1v) is 8.79. The van der Waals surface area contributed by atoms with Gasteiger partial charge in [-0.2, -0.15) is 0 Å². The smallest absolute Gasteiger partial charge is 0.271 e. The van der Waals surface area contributed by atoms with Crippen molar-refractivity contribution in [3.63, 3.8) is 0 Å². The van der Waals surface area contributed by atoms with E-state index in [0.717, 1.165) is 17.0 Å². The molecule has 0 unspecified atom stereocenters. The number of carbonyl (C=O) groups is 1. The molecule has 1 aromatic heterocycles. The summed E-state index contributed by atoms with van der Waals surface area (Å²) in [6.45, 7) is 0.493. The highest BCUT2D eigenvalue weighted by Gasteiger charge is 2.08. The molecule has 0 aliphatic heterocycles. The molecule has 2 N–H and O–H groups in total. The lowest BCUT2D eigenvalue weighted by Gasteiger charge is -2.07. The van der Waals surface area contributed by atoms with E-state index in [1.807, 2.05) is 48.5 Å². The van der Waals surface area contributed by atoms with Crippen LogP contribution in [0.2, 0.25) is 5.02 Å². The Morgan fingerprint density at radius 2 is 1.89 bits per heavy atom. The van der Waals surface area contributed by atoms with Gasteiger partial charge in [-0.15, -0.1) is 10.2 Å². The van der Waals surface area contributed by atoms with E-state index in [4.69, 9.17) is 16.3 Å². The molecule has 0 aliphatic rings. The molecule has 0 atom stereocenters. The summed E-state index contributed by atoms with van der Waals surface area (Å²) in [6.07, 6.45) is 0.691. The van der Waals surface area contributed by atoms with Crippen LogP contribution in [-0.4, -0.2) is 29.8 Å². The molecule has 1 heterocycles. The molecule has 0 saturated heterocycles. The molecule has 0 saturated carbocycles. The second kappa shape index (κ2) is 9.00. The zero-order valence-electron chi connectivity index (χ0n) is 14.8. The van der Waals surface area contributed by atoms with Crippen LogP contribution < -0.4 is 15.4 Å². The quantitative estimate of drug-likeness (QED) is 0.649. The predicted octanol–water partition coefficient (Wildman–Crippen LogP) is 3.85. The van der Waals surface area contributed by atoms with Gasteiger partial charge in [0.1, 0.15) is 5.75 Å². The van der Waals surface area contributed by atoms with Gasteiger partial charge in [-0.25, -0.2) is 0 Å². The van der Waals surface area contributed by atoms with E-state index in [1.165, 1.54) is 0 Å². The van der Waals surface area contributed by atoms with Gasteiger partial charge in [0.15, 0.2) is 11.5 Å². The maximum atomic E-state index is 12.2. The number of carbonyl (C=O) groups excluding carboxylic acids is 1. The molecule has 27 heavy (non-hydrogen) atoms. The molecule has 3 rings (SSSR count). The van der Waals surface area contributed by atoms with Crippen molar-refractivity contribution in [1.29, 1.82) is 0 Å². The van der Waals surface area contributed by atoms with Crippen LogP contribution in [0, 0.1) is 0 Å². The molecule has 0 radical (unpaired) electrons. The third-order valence-corrected chi connectivity index (χ3v) is 4.08. The van der Waals surface area contributed by atoms with E-state index in [2.05, 4.69) is 20.8 Å². The zero-order chi connectivity index (χ0) is 19.1. The topological polar surface area (TPSA) is 76.1 Å². The monoisotopic (exact) mass is 382 g/mol. The first-order chi connectivity index (χ1) is 13.1. The number of nitrogens with zero attached hydrogens (tertiary/aromatic N) is 2. The van der Waals surface area contributed by atoms with Crippen molar-refractivity contribution in [2.24, 2.45) is 0 Å². The van der Waals surface area contributed by atoms with Crippen molar-refractivity contribution >= 4 is 29.0 Å². The number of amides is 1. The fraction of sp³-hybridized carbons (Fsp3) is 0.150. The molecular weight excluding hydrogens is 364 g/mol. The lowest BCUT2D eigenvalue weighted by molar-refractivity contribution is 0.0948. The summed E-state index contributed by atoms with van der Waals surface area (Å²) in [5, 5.41) is 14.7. The maximum Gasteiger partial charge on any atom is 0.271 e. The van der Waals surface area contributed by atoms with Gasteiger partial charge in [0.25, 0.3) is 5.91 Å². The van der Waals surface area contributed by atoms with Crippen LogP contribution in [0.1, 0.15) is 16.1 Å². The van der Waals surface area contributed by atoms with Crippen LogP contribution in [-0.2, 0) is 6.42 Å². The Balaban J connectivity index is 1.52. The molecule has 0 spiro atoms. The average Bonchev–Trinajstić information content (AvgIpc) is 2.69. The summed E-state index contributed by atoms with van der Waals surface area (Å²) in [5.41, 5.74) is 2.18. The van der Waals surface area contributed by atoms with Gasteiger partial charge in [0.2, 0.25) is 0 Å². The summed E-state index contributed by atoms with van der Waals surface area (Å²) < 4.78 is 5.12. The predicted molar refractivity (Wildman–Crippen MR) is 106 cm³/mol. The molecular formula is C20H19ClN4O2. The van der Waals surface area contributed by atoms with Crippen LogP contribution in [0.4, 0.5) is 11.5 Å². The van der Waals surface area contributed by atoms with Gasteiger partial charge in [-0.1, -0.05) is 23.7 Å². The second-order valence-electron chi connectivity index (χ2n) is 5.79. The van der Waals surface area contributed by atoms with Crippen molar-refractivity contribution in [2.45, 2.75) is 6.42 Å². The third-order valence-electron chi connectivity index (χ3n) is 3.85. The van der Waals surface area contributed by atoms with Crippen LogP contribution in [0.3, 0.4) is 0 Å². The Kier molecular flexibility index (Phi) is 6.22. The van der Waals surface area contributed by atoms with E-state index < -0.39 is 0 Å². The van der Waals surface area contributed by atoms with Crippen LogP contribution in [0.15, 0.2) is 60.7 Å². The van der Waals surface area contributed by atoms with E-state index in [1.54, 1.807) is 19.2 Å². The fourth-order valence-electron chi connectivity index (χ4n) is 2.45. The van der Waals surface area contributed by atoms with Crippen molar-refractivity contribution < 1.29 is 9.53 Å². The van der Waals surface area contributed by atoms with Crippen molar-refractivity contribution in [3.05, 3.63) is 76.9 Å². The standard InChI is InChI=1S/C20H19ClN4O2/c1-27-17-7-5-16(6-8-17)23-19-10-9-18(24-25-19)20(26)22-12-11-14-3-2-4-15(21)13-14/h2-10,13H,11-12H2,1H3,(H,22,26)(H,23,25). The van der Waals surface area contributed by atoms with E-state index in [0.29, 0.717) is 23.8 Å². The highest BCUT2D eigenvalue weighted by Crippen LogP contribution is 2.18.